The van der Waals surface area contributed by atoms with Crippen LogP contribution >= 0.6 is 11.3 Å². The van der Waals surface area contributed by atoms with Crippen LogP contribution in [0.15, 0.2) is 150 Å². The Morgan fingerprint density at radius 3 is 2.00 bits per heavy atom. The third-order valence-corrected chi connectivity index (χ3v) is 10.5. The predicted molar refractivity (Wildman–Crippen MR) is 204 cm³/mol. The smallest absolute Gasteiger partial charge is 0.295 e. The van der Waals surface area contributed by atoms with Gasteiger partial charge in [-0.05, 0) is 58.7 Å². The number of imidazole rings is 1. The number of nitrogens with zero attached hydrogens (tertiary/aromatic N) is 4. The lowest BCUT2D eigenvalue weighted by Crippen LogP contribution is -2.19. The number of fused-ring (bicyclic) bond motifs is 4. The first-order chi connectivity index (χ1) is 24.0. The Kier molecular flexibility index (Phi) is 6.85. The van der Waals surface area contributed by atoms with E-state index in [0.717, 1.165) is 61.4 Å². The van der Waals surface area contributed by atoms with Crippen molar-refractivity contribution in [3.05, 3.63) is 156 Å². The topological polar surface area (TPSA) is 52.7 Å². The molecule has 0 radical (unpaired) electrons. The van der Waals surface area contributed by atoms with Crippen LogP contribution in [0, 0.1) is 0 Å². The minimum Gasteiger partial charge on any atom is -0.295 e. The Morgan fingerprint density at radius 2 is 1.12 bits per heavy atom. The summed E-state index contributed by atoms with van der Waals surface area (Å²) in [6.07, 6.45) is 0. The van der Waals surface area contributed by atoms with Crippen molar-refractivity contribution in [2.75, 3.05) is 0 Å². The molecule has 0 aliphatic heterocycles. The molecule has 0 bridgehead atoms. The Bertz CT molecular complexity index is 2770. The molecule has 0 N–H and O–H groups in total. The Labute approximate surface area is 287 Å². The van der Waals surface area contributed by atoms with Crippen molar-refractivity contribution in [1.82, 2.24) is 19.1 Å². The van der Waals surface area contributed by atoms with E-state index < -0.39 is 0 Å². The van der Waals surface area contributed by atoms with Gasteiger partial charge in [0.1, 0.15) is 0 Å². The highest BCUT2D eigenvalue weighted by atomic mass is 32.1. The standard InChI is InChI=1S/C43H30N4OS/c1-46-38-22-20-29(24-39(38)47(2)43(46)48)28-13-10-14-31(23-28)36-26-37(45-42(44-36)27-11-4-3-5-12-27)33-16-7-6-15-32(33)30-19-21-35-34-17-8-9-18-40(34)49-41(35)25-30/h3-26H,1-2H3. The highest BCUT2D eigenvalue weighted by Gasteiger charge is 2.16. The van der Waals surface area contributed by atoms with Crippen LogP contribution in [0.1, 0.15) is 0 Å². The van der Waals surface area contributed by atoms with Gasteiger partial charge < -0.3 is 0 Å². The third-order valence-electron chi connectivity index (χ3n) is 9.41. The molecule has 9 aromatic rings. The van der Waals surface area contributed by atoms with Crippen molar-refractivity contribution in [3.63, 3.8) is 0 Å². The van der Waals surface area contributed by atoms with Crippen LogP contribution in [0.5, 0.6) is 0 Å². The number of benzene rings is 6. The lowest BCUT2D eigenvalue weighted by Gasteiger charge is -2.14. The molecule has 5 nitrogen and oxygen atoms in total. The minimum atomic E-state index is -0.0353. The number of aryl methyl sites for hydroxylation is 2. The molecule has 0 aliphatic carbocycles. The molecule has 0 aliphatic rings. The van der Waals surface area contributed by atoms with Crippen molar-refractivity contribution >= 4 is 42.5 Å². The average molecular weight is 651 g/mol. The van der Waals surface area contributed by atoms with Crippen LogP contribution in [0.25, 0.3) is 87.4 Å². The van der Waals surface area contributed by atoms with E-state index in [0.29, 0.717) is 5.82 Å². The molecular weight excluding hydrogens is 621 g/mol. The molecule has 234 valence electrons. The number of hydrogen-bond donors (Lipinski definition) is 0. The normalized spacial score (nSPS) is 11.6. The quantitative estimate of drug-likeness (QED) is 0.186. The van der Waals surface area contributed by atoms with Gasteiger partial charge >= 0.3 is 5.69 Å². The van der Waals surface area contributed by atoms with E-state index in [1.807, 2.05) is 49.7 Å². The summed E-state index contributed by atoms with van der Waals surface area (Å²) in [5.74, 6) is 0.675. The summed E-state index contributed by atoms with van der Waals surface area (Å²) in [4.78, 5) is 22.9. The Morgan fingerprint density at radius 1 is 0.469 bits per heavy atom. The van der Waals surface area contributed by atoms with Crippen LogP contribution in [0.3, 0.4) is 0 Å². The molecule has 0 amide bonds. The van der Waals surface area contributed by atoms with E-state index in [4.69, 9.17) is 9.97 Å². The summed E-state index contributed by atoms with van der Waals surface area (Å²) in [5, 5.41) is 2.58. The maximum atomic E-state index is 12.6. The summed E-state index contributed by atoms with van der Waals surface area (Å²) in [6.45, 7) is 0. The zero-order valence-electron chi connectivity index (χ0n) is 27.0. The summed E-state index contributed by atoms with van der Waals surface area (Å²) in [6, 6.07) is 50.8. The van der Waals surface area contributed by atoms with Crippen molar-refractivity contribution < 1.29 is 0 Å². The van der Waals surface area contributed by atoms with Gasteiger partial charge in [0, 0.05) is 51.0 Å². The second kappa shape index (κ2) is 11.5. The van der Waals surface area contributed by atoms with Gasteiger partial charge in [-0.25, -0.2) is 14.8 Å². The first-order valence-corrected chi connectivity index (χ1v) is 17.1. The van der Waals surface area contributed by atoms with E-state index in [-0.39, 0.29) is 5.69 Å². The fourth-order valence-corrected chi connectivity index (χ4v) is 7.99. The molecule has 6 heteroatoms. The molecule has 49 heavy (non-hydrogen) atoms. The fraction of sp³-hybridized carbons (Fsp3) is 0.0465. The zero-order chi connectivity index (χ0) is 33.1. The van der Waals surface area contributed by atoms with Crippen LogP contribution in [0.4, 0.5) is 0 Å². The van der Waals surface area contributed by atoms with Gasteiger partial charge in [0.05, 0.1) is 22.4 Å². The number of rotatable bonds is 5. The lowest BCUT2D eigenvalue weighted by molar-refractivity contribution is 0.795. The van der Waals surface area contributed by atoms with E-state index in [1.54, 1.807) is 9.13 Å². The predicted octanol–water partition coefficient (Wildman–Crippen LogP) is 10.4. The second-order valence-corrected chi connectivity index (χ2v) is 13.5. The molecule has 6 aromatic carbocycles. The molecule has 3 aromatic heterocycles. The largest absolute Gasteiger partial charge is 0.328 e. The highest BCUT2D eigenvalue weighted by molar-refractivity contribution is 7.25. The molecule has 0 saturated carbocycles. The number of thiophene rings is 1. The fourth-order valence-electron chi connectivity index (χ4n) is 6.85. The van der Waals surface area contributed by atoms with Crippen molar-refractivity contribution in [3.8, 4) is 56.2 Å². The lowest BCUT2D eigenvalue weighted by atomic mass is 9.95. The molecule has 0 unspecified atom stereocenters. The molecule has 0 spiro atoms. The highest BCUT2D eigenvalue weighted by Crippen LogP contribution is 2.39. The van der Waals surface area contributed by atoms with Gasteiger partial charge in [-0.2, -0.15) is 0 Å². The van der Waals surface area contributed by atoms with Crippen molar-refractivity contribution in [2.24, 2.45) is 14.1 Å². The van der Waals surface area contributed by atoms with Gasteiger partial charge in [-0.3, -0.25) is 9.13 Å². The molecule has 9 rings (SSSR count). The Hall–Kier alpha value is -6.11. The van der Waals surface area contributed by atoms with Crippen LogP contribution in [-0.2, 0) is 14.1 Å². The van der Waals surface area contributed by atoms with E-state index in [9.17, 15) is 4.79 Å². The Balaban J connectivity index is 1.19. The van der Waals surface area contributed by atoms with E-state index >= 15 is 0 Å². The zero-order valence-corrected chi connectivity index (χ0v) is 27.8. The number of aromatic nitrogens is 4. The SMILES string of the molecule is Cn1c(=O)n(C)c2cc(-c3cccc(-c4cc(-c5ccccc5-c5ccc6c(c5)sc5ccccc56)nc(-c5ccccc5)n4)c3)ccc21. The van der Waals surface area contributed by atoms with Gasteiger partial charge in [0.2, 0.25) is 0 Å². The molecule has 0 fully saturated rings. The summed E-state index contributed by atoms with van der Waals surface area (Å²) in [7, 11) is 3.62. The van der Waals surface area contributed by atoms with Gasteiger partial charge in [-0.15, -0.1) is 11.3 Å². The maximum Gasteiger partial charge on any atom is 0.328 e. The van der Waals surface area contributed by atoms with Crippen LogP contribution in [-0.4, -0.2) is 19.1 Å². The van der Waals surface area contributed by atoms with Crippen molar-refractivity contribution in [2.45, 2.75) is 0 Å². The number of hydrogen-bond acceptors (Lipinski definition) is 4. The van der Waals surface area contributed by atoms with Crippen LogP contribution in [0.2, 0.25) is 0 Å². The molecule has 3 heterocycles. The molecule has 0 atom stereocenters. The molecular formula is C43H30N4OS. The minimum absolute atomic E-state index is 0.0353. The van der Waals surface area contributed by atoms with Gasteiger partial charge in [0.15, 0.2) is 5.82 Å². The monoisotopic (exact) mass is 650 g/mol. The van der Waals surface area contributed by atoms with E-state index in [1.165, 1.54) is 20.2 Å². The van der Waals surface area contributed by atoms with Gasteiger partial charge in [-0.1, -0.05) is 109 Å². The first kappa shape index (κ1) is 29.1. The summed E-state index contributed by atoms with van der Waals surface area (Å²) in [5.41, 5.74) is 10.8. The summed E-state index contributed by atoms with van der Waals surface area (Å²) < 4.78 is 5.95. The summed E-state index contributed by atoms with van der Waals surface area (Å²) >= 11 is 1.83. The molecule has 0 saturated heterocycles. The third kappa shape index (κ3) is 4.96. The van der Waals surface area contributed by atoms with Crippen LogP contribution < -0.4 is 5.69 Å². The maximum absolute atomic E-state index is 12.6. The van der Waals surface area contributed by atoms with Gasteiger partial charge in [0.25, 0.3) is 0 Å². The van der Waals surface area contributed by atoms with Crippen molar-refractivity contribution in [1.29, 1.82) is 0 Å². The van der Waals surface area contributed by atoms with E-state index in [2.05, 4.69) is 121 Å². The first-order valence-electron chi connectivity index (χ1n) is 16.2. The average Bonchev–Trinajstić information content (AvgIpc) is 3.64. The second-order valence-electron chi connectivity index (χ2n) is 12.4.